The maximum absolute atomic E-state index is 10.4. The predicted octanol–water partition coefficient (Wildman–Crippen LogP) is 1.84. The van der Waals surface area contributed by atoms with Crippen LogP contribution in [0.4, 0.5) is 0 Å². The van der Waals surface area contributed by atoms with Gasteiger partial charge in [0.1, 0.15) is 0 Å². The van der Waals surface area contributed by atoms with Crippen LogP contribution in [0.25, 0.3) is 0 Å². The van der Waals surface area contributed by atoms with E-state index in [1.807, 2.05) is 0 Å². The number of hydrogen-bond donors (Lipinski definition) is 1. The molecule has 1 atom stereocenters. The fourth-order valence-corrected chi connectivity index (χ4v) is 0.674. The molecule has 0 aliphatic rings. The molecule has 0 spiro atoms. The summed E-state index contributed by atoms with van der Waals surface area (Å²) < 4.78 is 0. The van der Waals surface area contributed by atoms with Crippen LogP contribution in [0.15, 0.2) is 24.8 Å². The van der Waals surface area contributed by atoms with Gasteiger partial charge < -0.3 is 5.11 Å². The molecule has 56 valence electrons. The number of carboxylic acid groups (broad SMARTS) is 1. The van der Waals surface area contributed by atoms with Crippen molar-refractivity contribution in [3.63, 3.8) is 0 Å². The second-order valence-electron chi connectivity index (χ2n) is 1.99. The van der Waals surface area contributed by atoms with Gasteiger partial charge in [-0.2, -0.15) is 0 Å². The number of carboxylic acids is 1. The summed E-state index contributed by atoms with van der Waals surface area (Å²) in [6.45, 7) is 5.27. The SMILES string of the molecule is C=CCC(C=CC)C(=O)O. The van der Waals surface area contributed by atoms with Crippen molar-refractivity contribution < 1.29 is 9.90 Å². The Hall–Kier alpha value is -1.05. The molecule has 0 aliphatic heterocycles. The fourth-order valence-electron chi connectivity index (χ4n) is 0.674. The zero-order chi connectivity index (χ0) is 7.98. The lowest BCUT2D eigenvalue weighted by Crippen LogP contribution is -2.09. The van der Waals surface area contributed by atoms with Crippen LogP contribution < -0.4 is 0 Å². The number of hydrogen-bond acceptors (Lipinski definition) is 1. The number of rotatable bonds is 4. The first-order chi connectivity index (χ1) is 4.72. The van der Waals surface area contributed by atoms with Crippen molar-refractivity contribution in [2.24, 2.45) is 5.92 Å². The van der Waals surface area contributed by atoms with Gasteiger partial charge in [-0.05, 0) is 13.3 Å². The monoisotopic (exact) mass is 140 g/mol. The lowest BCUT2D eigenvalue weighted by Gasteiger charge is -2.01. The molecular formula is C8H12O2. The van der Waals surface area contributed by atoms with Gasteiger partial charge in [-0.15, -0.1) is 6.58 Å². The van der Waals surface area contributed by atoms with E-state index in [-0.39, 0.29) is 0 Å². The maximum Gasteiger partial charge on any atom is 0.310 e. The summed E-state index contributed by atoms with van der Waals surface area (Å²) in [4.78, 5) is 10.4. The molecule has 0 bridgehead atoms. The smallest absolute Gasteiger partial charge is 0.310 e. The van der Waals surface area contributed by atoms with Gasteiger partial charge in [-0.1, -0.05) is 18.2 Å². The Morgan fingerprint density at radius 2 is 2.40 bits per heavy atom. The number of carbonyl (C=O) groups is 1. The first-order valence-corrected chi connectivity index (χ1v) is 3.19. The molecule has 0 aromatic rings. The van der Waals surface area contributed by atoms with Gasteiger partial charge in [0.25, 0.3) is 0 Å². The average molecular weight is 140 g/mol. The summed E-state index contributed by atoms with van der Waals surface area (Å²) in [6, 6.07) is 0. The summed E-state index contributed by atoms with van der Waals surface area (Å²) in [5.41, 5.74) is 0. The molecule has 1 unspecified atom stereocenters. The van der Waals surface area contributed by atoms with Gasteiger partial charge in [0.15, 0.2) is 0 Å². The largest absolute Gasteiger partial charge is 0.481 e. The number of aliphatic carboxylic acids is 1. The van der Waals surface area contributed by atoms with E-state index in [1.54, 1.807) is 25.2 Å². The molecule has 0 aromatic carbocycles. The first kappa shape index (κ1) is 8.95. The second-order valence-corrected chi connectivity index (χ2v) is 1.99. The van der Waals surface area contributed by atoms with Gasteiger partial charge in [-0.25, -0.2) is 0 Å². The molecule has 0 aliphatic carbocycles. The molecule has 0 heterocycles. The Kier molecular flexibility index (Phi) is 4.29. The summed E-state index contributed by atoms with van der Waals surface area (Å²) in [5.74, 6) is -1.19. The summed E-state index contributed by atoms with van der Waals surface area (Å²) in [5, 5.41) is 8.54. The fraction of sp³-hybridized carbons (Fsp3) is 0.375. The molecule has 0 saturated heterocycles. The van der Waals surface area contributed by atoms with Crippen molar-refractivity contribution in [2.75, 3.05) is 0 Å². The molecule has 0 saturated carbocycles. The molecule has 10 heavy (non-hydrogen) atoms. The highest BCUT2D eigenvalue weighted by Crippen LogP contribution is 2.05. The van der Waals surface area contributed by atoms with Gasteiger partial charge in [0.05, 0.1) is 5.92 Å². The standard InChI is InChI=1S/C8H12O2/c1-3-5-7(6-4-2)8(9)10/h3-4,6-7H,1,5H2,2H3,(H,9,10). The quantitative estimate of drug-likeness (QED) is 0.605. The van der Waals surface area contributed by atoms with E-state index in [0.29, 0.717) is 6.42 Å². The van der Waals surface area contributed by atoms with Crippen molar-refractivity contribution >= 4 is 5.97 Å². The van der Waals surface area contributed by atoms with Crippen LogP contribution in [-0.2, 0) is 4.79 Å². The van der Waals surface area contributed by atoms with Crippen molar-refractivity contribution in [3.05, 3.63) is 24.8 Å². The molecule has 0 radical (unpaired) electrons. The van der Waals surface area contributed by atoms with E-state index in [0.717, 1.165) is 0 Å². The Morgan fingerprint density at radius 1 is 1.80 bits per heavy atom. The van der Waals surface area contributed by atoms with Crippen LogP contribution in [0.2, 0.25) is 0 Å². The second kappa shape index (κ2) is 4.79. The lowest BCUT2D eigenvalue weighted by atomic mass is 10.1. The summed E-state index contributed by atoms with van der Waals surface area (Å²) in [7, 11) is 0. The van der Waals surface area contributed by atoms with Gasteiger partial charge in [-0.3, -0.25) is 4.79 Å². The Labute approximate surface area is 60.9 Å². The average Bonchev–Trinajstić information content (AvgIpc) is 1.87. The minimum absolute atomic E-state index is 0.400. The maximum atomic E-state index is 10.4. The van der Waals surface area contributed by atoms with E-state index in [4.69, 9.17) is 5.11 Å². The van der Waals surface area contributed by atoms with Crippen molar-refractivity contribution in [2.45, 2.75) is 13.3 Å². The van der Waals surface area contributed by atoms with Crippen LogP contribution in [-0.4, -0.2) is 11.1 Å². The highest BCUT2D eigenvalue weighted by molar-refractivity contribution is 5.72. The van der Waals surface area contributed by atoms with E-state index >= 15 is 0 Å². The molecule has 2 heteroatoms. The van der Waals surface area contributed by atoms with Crippen LogP contribution in [0.1, 0.15) is 13.3 Å². The topological polar surface area (TPSA) is 37.3 Å². The molecule has 0 fully saturated rings. The van der Waals surface area contributed by atoms with E-state index in [1.165, 1.54) is 0 Å². The third-order valence-electron chi connectivity index (χ3n) is 1.16. The third kappa shape index (κ3) is 3.07. The summed E-state index contributed by atoms with van der Waals surface area (Å²) in [6.07, 6.45) is 5.50. The molecule has 0 amide bonds. The van der Waals surface area contributed by atoms with Crippen molar-refractivity contribution in [1.82, 2.24) is 0 Å². The van der Waals surface area contributed by atoms with Crippen molar-refractivity contribution in [1.29, 1.82) is 0 Å². The normalized spacial score (nSPS) is 13.3. The zero-order valence-corrected chi connectivity index (χ0v) is 6.08. The minimum Gasteiger partial charge on any atom is -0.481 e. The molecule has 1 N–H and O–H groups in total. The Bertz CT molecular complexity index is 147. The first-order valence-electron chi connectivity index (χ1n) is 3.19. The zero-order valence-electron chi connectivity index (χ0n) is 6.08. The minimum atomic E-state index is -0.794. The Balaban J connectivity index is 3.96. The van der Waals surface area contributed by atoms with Gasteiger partial charge >= 0.3 is 5.97 Å². The molecule has 2 nitrogen and oxygen atoms in total. The van der Waals surface area contributed by atoms with E-state index in [2.05, 4.69) is 6.58 Å². The molecule has 0 rings (SSSR count). The summed E-state index contributed by atoms with van der Waals surface area (Å²) >= 11 is 0. The van der Waals surface area contributed by atoms with Crippen molar-refractivity contribution in [3.8, 4) is 0 Å². The predicted molar refractivity (Wildman–Crippen MR) is 40.8 cm³/mol. The van der Waals surface area contributed by atoms with E-state index in [9.17, 15) is 4.79 Å². The lowest BCUT2D eigenvalue weighted by molar-refractivity contribution is -0.139. The van der Waals surface area contributed by atoms with Crippen LogP contribution in [0, 0.1) is 5.92 Å². The van der Waals surface area contributed by atoms with Crippen LogP contribution in [0.5, 0.6) is 0 Å². The van der Waals surface area contributed by atoms with Gasteiger partial charge in [0, 0.05) is 0 Å². The van der Waals surface area contributed by atoms with Gasteiger partial charge in [0.2, 0.25) is 0 Å². The highest BCUT2D eigenvalue weighted by Gasteiger charge is 2.09. The highest BCUT2D eigenvalue weighted by atomic mass is 16.4. The third-order valence-corrected chi connectivity index (χ3v) is 1.16. The Morgan fingerprint density at radius 3 is 2.70 bits per heavy atom. The molecular weight excluding hydrogens is 128 g/mol. The number of allylic oxidation sites excluding steroid dienone is 2. The van der Waals surface area contributed by atoms with Crippen LogP contribution in [0.3, 0.4) is 0 Å². The van der Waals surface area contributed by atoms with E-state index < -0.39 is 11.9 Å². The van der Waals surface area contributed by atoms with Crippen LogP contribution >= 0.6 is 0 Å². The molecule has 0 aromatic heterocycles.